The summed E-state index contributed by atoms with van der Waals surface area (Å²) in [6.07, 6.45) is 6.17. The van der Waals surface area contributed by atoms with Gasteiger partial charge in [-0.25, -0.2) is 4.98 Å². The van der Waals surface area contributed by atoms with Crippen molar-refractivity contribution in [3.8, 4) is 0 Å². The minimum atomic E-state index is -0.198. The van der Waals surface area contributed by atoms with Crippen molar-refractivity contribution < 1.29 is 9.21 Å². The Balaban J connectivity index is 1.55. The molecule has 3 heterocycles. The van der Waals surface area contributed by atoms with E-state index in [1.807, 2.05) is 16.8 Å². The number of carbonyl (C=O) groups excluding carboxylic acids is 1. The highest BCUT2D eigenvalue weighted by Gasteiger charge is 2.16. The highest BCUT2D eigenvalue weighted by atomic mass is 16.4. The lowest BCUT2D eigenvalue weighted by Crippen LogP contribution is -2.24. The van der Waals surface area contributed by atoms with Gasteiger partial charge in [0.25, 0.3) is 5.91 Å². The Morgan fingerprint density at radius 2 is 2.13 bits per heavy atom. The van der Waals surface area contributed by atoms with Crippen molar-refractivity contribution in [3.05, 3.63) is 41.9 Å². The summed E-state index contributed by atoms with van der Waals surface area (Å²) in [6.45, 7) is 7.58. The largest absolute Gasteiger partial charge is 0.455 e. The zero-order valence-electron chi connectivity index (χ0n) is 13.8. The van der Waals surface area contributed by atoms with Crippen LogP contribution in [0.15, 0.2) is 28.9 Å². The Kier molecular flexibility index (Phi) is 4.81. The molecule has 0 bridgehead atoms. The molecule has 0 spiro atoms. The van der Waals surface area contributed by atoms with E-state index in [2.05, 4.69) is 29.0 Å². The van der Waals surface area contributed by atoms with Gasteiger partial charge in [-0.05, 0) is 51.9 Å². The first-order chi connectivity index (χ1) is 11.1. The number of nitrogens with zero attached hydrogens (tertiary/aromatic N) is 3. The fourth-order valence-corrected chi connectivity index (χ4v) is 2.94. The van der Waals surface area contributed by atoms with Crippen molar-refractivity contribution >= 4 is 5.91 Å². The molecule has 1 aliphatic heterocycles. The summed E-state index contributed by atoms with van der Waals surface area (Å²) in [6, 6.07) is 3.96. The summed E-state index contributed by atoms with van der Waals surface area (Å²) in [4.78, 5) is 18.9. The van der Waals surface area contributed by atoms with Crippen molar-refractivity contribution in [2.75, 3.05) is 13.1 Å². The maximum Gasteiger partial charge on any atom is 0.287 e. The van der Waals surface area contributed by atoms with E-state index in [4.69, 9.17) is 4.42 Å². The Morgan fingerprint density at radius 1 is 1.35 bits per heavy atom. The van der Waals surface area contributed by atoms with Gasteiger partial charge in [-0.3, -0.25) is 9.69 Å². The van der Waals surface area contributed by atoms with Crippen molar-refractivity contribution in [3.63, 3.8) is 0 Å². The maximum atomic E-state index is 12.2. The van der Waals surface area contributed by atoms with Gasteiger partial charge in [-0.15, -0.1) is 0 Å². The van der Waals surface area contributed by atoms with Gasteiger partial charge >= 0.3 is 0 Å². The predicted molar refractivity (Wildman–Crippen MR) is 87.0 cm³/mol. The minimum Gasteiger partial charge on any atom is -0.455 e. The molecule has 0 radical (unpaired) electrons. The van der Waals surface area contributed by atoms with Crippen LogP contribution in [-0.2, 0) is 13.1 Å². The van der Waals surface area contributed by atoms with Crippen LogP contribution in [0, 0.1) is 0 Å². The fraction of sp³-hybridized carbons (Fsp3) is 0.529. The van der Waals surface area contributed by atoms with Crippen LogP contribution >= 0.6 is 0 Å². The number of likely N-dealkylation sites (tertiary alicyclic amines) is 1. The number of amides is 1. The normalized spacial score (nSPS) is 15.4. The van der Waals surface area contributed by atoms with E-state index < -0.39 is 0 Å². The molecule has 0 atom stereocenters. The number of rotatable bonds is 6. The number of hydrogen-bond acceptors (Lipinski definition) is 4. The van der Waals surface area contributed by atoms with Gasteiger partial charge in [0.1, 0.15) is 11.6 Å². The average Bonchev–Trinajstić information content (AvgIpc) is 3.26. The van der Waals surface area contributed by atoms with Crippen molar-refractivity contribution in [2.45, 2.75) is 45.8 Å². The topological polar surface area (TPSA) is 63.3 Å². The lowest BCUT2D eigenvalue weighted by Gasteiger charge is -2.12. The monoisotopic (exact) mass is 316 g/mol. The number of imidazole rings is 1. The van der Waals surface area contributed by atoms with Crippen LogP contribution in [0.2, 0.25) is 0 Å². The third-order valence-electron chi connectivity index (χ3n) is 4.18. The molecule has 6 heteroatoms. The number of carbonyl (C=O) groups is 1. The summed E-state index contributed by atoms with van der Waals surface area (Å²) in [7, 11) is 0. The van der Waals surface area contributed by atoms with E-state index in [9.17, 15) is 4.79 Å². The first kappa shape index (κ1) is 15.8. The highest BCUT2D eigenvalue weighted by Crippen LogP contribution is 2.15. The molecule has 23 heavy (non-hydrogen) atoms. The molecular weight excluding hydrogens is 292 g/mol. The molecule has 1 N–H and O–H groups in total. The number of aromatic nitrogens is 2. The van der Waals surface area contributed by atoms with Gasteiger partial charge in [0.2, 0.25) is 0 Å². The average molecular weight is 316 g/mol. The molecule has 1 aliphatic rings. The van der Waals surface area contributed by atoms with Crippen LogP contribution in [0.5, 0.6) is 0 Å². The molecule has 1 fully saturated rings. The first-order valence-electron chi connectivity index (χ1n) is 8.24. The third kappa shape index (κ3) is 3.82. The summed E-state index contributed by atoms with van der Waals surface area (Å²) < 4.78 is 7.72. The Labute approximate surface area is 136 Å². The summed E-state index contributed by atoms with van der Waals surface area (Å²) in [5.74, 6) is 1.86. The smallest absolute Gasteiger partial charge is 0.287 e. The molecule has 6 nitrogen and oxygen atoms in total. The number of furan rings is 1. The SMILES string of the molecule is CC(C)n1ccnc1CNC(=O)c1ccc(CN2CCCC2)o1. The molecule has 0 saturated carbocycles. The van der Waals surface area contributed by atoms with E-state index in [-0.39, 0.29) is 5.91 Å². The maximum absolute atomic E-state index is 12.2. The number of hydrogen-bond donors (Lipinski definition) is 1. The van der Waals surface area contributed by atoms with E-state index in [1.54, 1.807) is 12.3 Å². The molecule has 1 saturated heterocycles. The van der Waals surface area contributed by atoms with Gasteiger partial charge in [-0.2, -0.15) is 0 Å². The molecule has 0 aromatic carbocycles. The first-order valence-corrected chi connectivity index (χ1v) is 8.24. The van der Waals surface area contributed by atoms with E-state index >= 15 is 0 Å². The molecule has 0 aliphatic carbocycles. The summed E-state index contributed by atoms with van der Waals surface area (Å²) in [5.41, 5.74) is 0. The van der Waals surface area contributed by atoms with Crippen molar-refractivity contribution in [1.29, 1.82) is 0 Å². The predicted octanol–water partition coefficient (Wildman–Crippen LogP) is 2.58. The lowest BCUT2D eigenvalue weighted by molar-refractivity contribution is 0.0918. The van der Waals surface area contributed by atoms with Crippen molar-refractivity contribution in [1.82, 2.24) is 19.8 Å². The second kappa shape index (κ2) is 7.00. The van der Waals surface area contributed by atoms with Crippen LogP contribution in [0.25, 0.3) is 0 Å². The van der Waals surface area contributed by atoms with E-state index in [0.717, 1.165) is 31.2 Å². The lowest BCUT2D eigenvalue weighted by atomic mass is 10.3. The van der Waals surface area contributed by atoms with E-state index in [0.29, 0.717) is 18.3 Å². The standard InChI is InChI=1S/C17H24N4O2/c1-13(2)21-10-7-18-16(21)11-19-17(22)15-6-5-14(23-15)12-20-8-3-4-9-20/h5-7,10,13H,3-4,8-9,11-12H2,1-2H3,(H,19,22). The Hall–Kier alpha value is -2.08. The van der Waals surface area contributed by atoms with Gasteiger partial charge in [-0.1, -0.05) is 0 Å². The molecule has 0 unspecified atom stereocenters. The Morgan fingerprint density at radius 3 is 2.87 bits per heavy atom. The van der Waals surface area contributed by atoms with Crippen LogP contribution < -0.4 is 5.32 Å². The van der Waals surface area contributed by atoms with Crippen LogP contribution in [-0.4, -0.2) is 33.4 Å². The van der Waals surface area contributed by atoms with Gasteiger partial charge in [0, 0.05) is 18.4 Å². The van der Waals surface area contributed by atoms with Gasteiger partial charge in [0.15, 0.2) is 5.76 Å². The van der Waals surface area contributed by atoms with E-state index in [1.165, 1.54) is 12.8 Å². The second-order valence-corrected chi connectivity index (χ2v) is 6.28. The van der Waals surface area contributed by atoms with Gasteiger partial charge in [0.05, 0.1) is 13.1 Å². The van der Waals surface area contributed by atoms with Crippen LogP contribution in [0.4, 0.5) is 0 Å². The molecule has 3 rings (SSSR count). The highest BCUT2D eigenvalue weighted by molar-refractivity contribution is 5.91. The second-order valence-electron chi connectivity index (χ2n) is 6.28. The minimum absolute atomic E-state index is 0.198. The summed E-state index contributed by atoms with van der Waals surface area (Å²) in [5, 5.41) is 2.87. The van der Waals surface area contributed by atoms with Crippen LogP contribution in [0.3, 0.4) is 0 Å². The Bertz CT molecular complexity index is 653. The zero-order valence-corrected chi connectivity index (χ0v) is 13.8. The number of nitrogens with one attached hydrogen (secondary N) is 1. The third-order valence-corrected chi connectivity index (χ3v) is 4.18. The van der Waals surface area contributed by atoms with Crippen LogP contribution in [0.1, 0.15) is 54.9 Å². The fourth-order valence-electron chi connectivity index (χ4n) is 2.94. The molecule has 2 aromatic heterocycles. The molecule has 2 aromatic rings. The van der Waals surface area contributed by atoms with Crippen molar-refractivity contribution in [2.24, 2.45) is 0 Å². The zero-order chi connectivity index (χ0) is 16.2. The summed E-state index contributed by atoms with van der Waals surface area (Å²) >= 11 is 0. The quantitative estimate of drug-likeness (QED) is 0.890. The van der Waals surface area contributed by atoms with Gasteiger partial charge < -0.3 is 14.3 Å². The molecule has 124 valence electrons. The molecular formula is C17H24N4O2. The molecule has 1 amide bonds.